The smallest absolute Gasteiger partial charge is 0.203 e. The first-order valence-corrected chi connectivity index (χ1v) is 10.8. The minimum absolute atomic E-state index is 0.158. The van der Waals surface area contributed by atoms with Crippen LogP contribution in [0.4, 0.5) is 0 Å². The summed E-state index contributed by atoms with van der Waals surface area (Å²) < 4.78 is 16.5. The van der Waals surface area contributed by atoms with Crippen molar-refractivity contribution in [2.75, 3.05) is 41.5 Å². The average Bonchev–Trinajstić information content (AvgIpc) is 2.73. The molecule has 0 fully saturated rings. The maximum absolute atomic E-state index is 10.2. The van der Waals surface area contributed by atoms with Crippen molar-refractivity contribution < 1.29 is 14.2 Å². The number of rotatable bonds is 14. The van der Waals surface area contributed by atoms with Crippen molar-refractivity contribution in [1.29, 1.82) is 5.26 Å². The zero-order chi connectivity index (χ0) is 21.9. The molecule has 0 aliphatic carbocycles. The van der Waals surface area contributed by atoms with E-state index in [1.807, 2.05) is 12.1 Å². The van der Waals surface area contributed by atoms with Crippen molar-refractivity contribution in [1.82, 2.24) is 4.90 Å². The lowest BCUT2D eigenvalue weighted by atomic mass is 9.69. The predicted molar refractivity (Wildman–Crippen MR) is 119 cm³/mol. The number of hydrogen-bond acceptors (Lipinski definition) is 5. The van der Waals surface area contributed by atoms with Gasteiger partial charge in [0.2, 0.25) is 5.75 Å². The number of benzene rings is 1. The van der Waals surface area contributed by atoms with Crippen molar-refractivity contribution in [3.8, 4) is 23.3 Å². The molecule has 1 aromatic rings. The van der Waals surface area contributed by atoms with Crippen LogP contribution >= 0.6 is 0 Å². The maximum Gasteiger partial charge on any atom is 0.203 e. The number of nitriles is 1. The molecule has 0 N–H and O–H groups in total. The van der Waals surface area contributed by atoms with Crippen LogP contribution in [0, 0.1) is 17.2 Å². The van der Waals surface area contributed by atoms with E-state index in [9.17, 15) is 5.26 Å². The molecule has 0 aromatic heterocycles. The highest BCUT2D eigenvalue weighted by molar-refractivity contribution is 5.56. The topological polar surface area (TPSA) is 54.7 Å². The third kappa shape index (κ3) is 6.54. The molecule has 164 valence electrons. The SMILES string of the molecule is CCCCCCN(C)CCCC(C#N)(c1cc(OC)c(OC)c(OC)c1)C(C)C. The molecule has 0 saturated heterocycles. The van der Waals surface area contributed by atoms with Gasteiger partial charge in [0.15, 0.2) is 11.5 Å². The molecular formula is C24H40N2O3. The second kappa shape index (κ2) is 12.6. The lowest BCUT2D eigenvalue weighted by Crippen LogP contribution is -2.32. The van der Waals surface area contributed by atoms with Crippen molar-refractivity contribution in [3.63, 3.8) is 0 Å². The Morgan fingerprint density at radius 1 is 0.966 bits per heavy atom. The van der Waals surface area contributed by atoms with E-state index >= 15 is 0 Å². The van der Waals surface area contributed by atoms with Crippen molar-refractivity contribution in [2.45, 2.75) is 64.7 Å². The molecule has 5 heteroatoms. The molecule has 0 radical (unpaired) electrons. The Kier molecular flexibility index (Phi) is 10.9. The van der Waals surface area contributed by atoms with Crippen LogP contribution in [-0.2, 0) is 5.41 Å². The second-order valence-electron chi connectivity index (χ2n) is 8.12. The number of nitrogens with zero attached hydrogens (tertiary/aromatic N) is 2. The van der Waals surface area contributed by atoms with Crippen LogP contribution in [0.3, 0.4) is 0 Å². The maximum atomic E-state index is 10.2. The Morgan fingerprint density at radius 2 is 1.55 bits per heavy atom. The van der Waals surface area contributed by atoms with Crippen LogP contribution in [-0.4, -0.2) is 46.4 Å². The van der Waals surface area contributed by atoms with Crippen molar-refractivity contribution >= 4 is 0 Å². The van der Waals surface area contributed by atoms with E-state index in [0.717, 1.165) is 31.5 Å². The molecule has 5 nitrogen and oxygen atoms in total. The van der Waals surface area contributed by atoms with Crippen molar-refractivity contribution in [2.24, 2.45) is 5.92 Å². The average molecular weight is 405 g/mol. The molecule has 1 unspecified atom stereocenters. The van der Waals surface area contributed by atoms with Crippen LogP contribution in [0.15, 0.2) is 12.1 Å². The van der Waals surface area contributed by atoms with Crippen LogP contribution < -0.4 is 14.2 Å². The van der Waals surface area contributed by atoms with Gasteiger partial charge in [-0.3, -0.25) is 0 Å². The normalized spacial score (nSPS) is 13.2. The zero-order valence-corrected chi connectivity index (χ0v) is 19.5. The first-order valence-electron chi connectivity index (χ1n) is 10.8. The summed E-state index contributed by atoms with van der Waals surface area (Å²) in [7, 11) is 6.99. The van der Waals surface area contributed by atoms with Crippen molar-refractivity contribution in [3.05, 3.63) is 17.7 Å². The van der Waals surface area contributed by atoms with Gasteiger partial charge < -0.3 is 19.1 Å². The summed E-state index contributed by atoms with van der Waals surface area (Å²) >= 11 is 0. The second-order valence-corrected chi connectivity index (χ2v) is 8.12. The van der Waals surface area contributed by atoms with Crippen LogP contribution in [0.5, 0.6) is 17.2 Å². The first kappa shape index (κ1) is 25.1. The minimum Gasteiger partial charge on any atom is -0.493 e. The Balaban J connectivity index is 3.01. The Bertz CT molecular complexity index is 629. The third-order valence-electron chi connectivity index (χ3n) is 5.87. The number of hydrogen-bond donors (Lipinski definition) is 0. The Hall–Kier alpha value is -1.93. The summed E-state index contributed by atoms with van der Waals surface area (Å²) in [5, 5.41) is 10.2. The summed E-state index contributed by atoms with van der Waals surface area (Å²) in [4.78, 5) is 2.38. The van der Waals surface area contributed by atoms with E-state index in [0.29, 0.717) is 17.2 Å². The van der Waals surface area contributed by atoms with E-state index in [4.69, 9.17) is 14.2 Å². The van der Waals surface area contributed by atoms with Gasteiger partial charge in [0.25, 0.3) is 0 Å². The molecular weight excluding hydrogens is 364 g/mol. The summed E-state index contributed by atoms with van der Waals surface area (Å²) in [6.45, 7) is 8.57. The zero-order valence-electron chi connectivity index (χ0n) is 19.5. The van der Waals surface area contributed by atoms with Gasteiger partial charge in [-0.2, -0.15) is 5.26 Å². The van der Waals surface area contributed by atoms with E-state index in [-0.39, 0.29) is 5.92 Å². The molecule has 29 heavy (non-hydrogen) atoms. The largest absolute Gasteiger partial charge is 0.493 e. The van der Waals surface area contributed by atoms with Crippen LogP contribution in [0.2, 0.25) is 0 Å². The molecule has 0 bridgehead atoms. The molecule has 0 heterocycles. The summed E-state index contributed by atoms with van der Waals surface area (Å²) in [6.07, 6.45) is 6.86. The highest BCUT2D eigenvalue weighted by atomic mass is 16.5. The van der Waals surface area contributed by atoms with Crippen LogP contribution in [0.25, 0.3) is 0 Å². The quantitative estimate of drug-likeness (QED) is 0.387. The Labute approximate surface area is 177 Å². The molecule has 1 aromatic carbocycles. The fourth-order valence-electron chi connectivity index (χ4n) is 3.90. The van der Waals surface area contributed by atoms with Gasteiger partial charge in [0.05, 0.1) is 32.8 Å². The molecule has 0 saturated carbocycles. The third-order valence-corrected chi connectivity index (χ3v) is 5.87. The molecule has 1 atom stereocenters. The summed E-state index contributed by atoms with van der Waals surface area (Å²) in [5.74, 6) is 1.90. The number of unbranched alkanes of at least 4 members (excludes halogenated alkanes) is 3. The lowest BCUT2D eigenvalue weighted by molar-refractivity contribution is 0.284. The number of ether oxygens (including phenoxy) is 3. The first-order chi connectivity index (χ1) is 13.9. The summed E-state index contributed by atoms with van der Waals surface area (Å²) in [5.41, 5.74) is 0.325. The van der Waals surface area contributed by atoms with Gasteiger partial charge in [-0.1, -0.05) is 40.0 Å². The van der Waals surface area contributed by atoms with E-state index in [2.05, 4.69) is 38.8 Å². The van der Waals surface area contributed by atoms with Gasteiger partial charge >= 0.3 is 0 Å². The molecule has 0 aliphatic heterocycles. The monoisotopic (exact) mass is 404 g/mol. The standard InChI is InChI=1S/C24H40N2O3/c1-8-9-10-11-14-26(4)15-12-13-24(18-25,19(2)3)20-16-21(27-5)23(29-7)22(17-20)28-6/h16-17,19H,8-15H2,1-7H3. The van der Waals surface area contributed by atoms with Crippen LogP contribution in [0.1, 0.15) is 64.9 Å². The van der Waals surface area contributed by atoms with E-state index in [1.165, 1.54) is 25.7 Å². The molecule has 1 rings (SSSR count). The Morgan fingerprint density at radius 3 is 2.00 bits per heavy atom. The fraction of sp³-hybridized carbons (Fsp3) is 0.708. The van der Waals surface area contributed by atoms with Gasteiger partial charge in [0, 0.05) is 0 Å². The number of methoxy groups -OCH3 is 3. The van der Waals surface area contributed by atoms with E-state index in [1.54, 1.807) is 21.3 Å². The van der Waals surface area contributed by atoms with Gasteiger partial charge in [-0.25, -0.2) is 0 Å². The highest BCUT2D eigenvalue weighted by Gasteiger charge is 2.37. The molecule has 0 spiro atoms. The fourth-order valence-corrected chi connectivity index (χ4v) is 3.90. The highest BCUT2D eigenvalue weighted by Crippen LogP contribution is 2.45. The molecule has 0 amide bonds. The van der Waals surface area contributed by atoms with Gasteiger partial charge in [0.1, 0.15) is 0 Å². The van der Waals surface area contributed by atoms with Gasteiger partial charge in [-0.05, 0) is 63.0 Å². The molecule has 0 aliphatic rings. The lowest BCUT2D eigenvalue weighted by Gasteiger charge is -2.33. The van der Waals surface area contributed by atoms with E-state index < -0.39 is 5.41 Å². The summed E-state index contributed by atoms with van der Waals surface area (Å²) in [6, 6.07) is 6.49. The van der Waals surface area contributed by atoms with Gasteiger partial charge in [-0.15, -0.1) is 0 Å². The minimum atomic E-state index is -0.601. The predicted octanol–water partition coefficient (Wildman–Crippen LogP) is 5.42.